The van der Waals surface area contributed by atoms with Crippen LogP contribution in [0.1, 0.15) is 23.7 Å². The molecule has 3 rings (SSSR count). The zero-order valence-corrected chi connectivity index (χ0v) is 10.3. The van der Waals surface area contributed by atoms with Crippen molar-refractivity contribution in [2.24, 2.45) is 0 Å². The molecule has 0 unspecified atom stereocenters. The van der Waals surface area contributed by atoms with Gasteiger partial charge in [0, 0.05) is 24.3 Å². The fraction of sp³-hybridized carbons (Fsp3) is 0.250. The Hall–Kier alpha value is -1.80. The highest BCUT2D eigenvalue weighted by Crippen LogP contribution is 2.34. The molecule has 2 aromatic rings. The molecule has 0 bridgehead atoms. The van der Waals surface area contributed by atoms with Crippen LogP contribution in [0.25, 0.3) is 0 Å². The van der Waals surface area contributed by atoms with Gasteiger partial charge in [0.15, 0.2) is 0 Å². The number of aliphatic hydroxyl groups is 1. The van der Waals surface area contributed by atoms with Crippen LogP contribution in [-0.2, 0) is 6.54 Å². The molecule has 0 aromatic heterocycles. The molecule has 0 aliphatic carbocycles. The Kier molecular flexibility index (Phi) is 3.03. The summed E-state index contributed by atoms with van der Waals surface area (Å²) < 4.78 is 0. The summed E-state index contributed by atoms with van der Waals surface area (Å²) in [5.41, 5.74) is 3.53. The van der Waals surface area contributed by atoms with Gasteiger partial charge in [-0.1, -0.05) is 48.5 Å². The highest BCUT2D eigenvalue weighted by atomic mass is 16.3. The molecule has 0 spiro atoms. The van der Waals surface area contributed by atoms with Crippen molar-refractivity contribution >= 4 is 5.69 Å². The van der Waals surface area contributed by atoms with Crippen LogP contribution in [0.5, 0.6) is 0 Å². The number of fused-ring (bicyclic) bond motifs is 1. The van der Waals surface area contributed by atoms with E-state index >= 15 is 0 Å². The van der Waals surface area contributed by atoms with Crippen molar-refractivity contribution in [1.82, 2.24) is 0 Å². The van der Waals surface area contributed by atoms with Crippen LogP contribution in [0, 0.1) is 0 Å². The molecule has 92 valence electrons. The second kappa shape index (κ2) is 4.83. The van der Waals surface area contributed by atoms with Gasteiger partial charge in [0.05, 0.1) is 6.10 Å². The van der Waals surface area contributed by atoms with Crippen LogP contribution in [-0.4, -0.2) is 11.7 Å². The Balaban J connectivity index is 1.89. The Morgan fingerprint density at radius 2 is 1.72 bits per heavy atom. The monoisotopic (exact) mass is 239 g/mol. The lowest BCUT2D eigenvalue weighted by atomic mass is 9.98. The van der Waals surface area contributed by atoms with Gasteiger partial charge in [0.25, 0.3) is 0 Å². The van der Waals surface area contributed by atoms with E-state index in [4.69, 9.17) is 0 Å². The third-order valence-electron chi connectivity index (χ3n) is 3.53. The fourth-order valence-corrected chi connectivity index (χ4v) is 2.58. The minimum atomic E-state index is -0.312. The highest BCUT2D eigenvalue weighted by Gasteiger charge is 2.22. The molecule has 1 aliphatic heterocycles. The number of benzene rings is 2. The third kappa shape index (κ3) is 2.12. The maximum Gasteiger partial charge on any atom is 0.0826 e. The zero-order valence-electron chi connectivity index (χ0n) is 10.3. The maximum absolute atomic E-state index is 10.0. The van der Waals surface area contributed by atoms with E-state index in [0.717, 1.165) is 25.1 Å². The van der Waals surface area contributed by atoms with E-state index in [1.165, 1.54) is 11.3 Å². The van der Waals surface area contributed by atoms with Gasteiger partial charge in [-0.15, -0.1) is 0 Å². The van der Waals surface area contributed by atoms with Crippen LogP contribution >= 0.6 is 0 Å². The summed E-state index contributed by atoms with van der Waals surface area (Å²) in [5.74, 6) is 0. The minimum Gasteiger partial charge on any atom is -0.388 e. The Morgan fingerprint density at radius 3 is 2.56 bits per heavy atom. The summed E-state index contributed by atoms with van der Waals surface area (Å²) >= 11 is 0. The van der Waals surface area contributed by atoms with Crippen molar-refractivity contribution in [1.29, 1.82) is 0 Å². The molecular formula is C16H17NO. The molecule has 0 fully saturated rings. The smallest absolute Gasteiger partial charge is 0.0826 e. The fourth-order valence-electron chi connectivity index (χ4n) is 2.58. The number of hydrogen-bond donors (Lipinski definition) is 1. The van der Waals surface area contributed by atoms with E-state index < -0.39 is 0 Å². The van der Waals surface area contributed by atoms with Crippen LogP contribution in [0.15, 0.2) is 54.6 Å². The van der Waals surface area contributed by atoms with Crippen molar-refractivity contribution in [2.75, 3.05) is 11.4 Å². The predicted molar refractivity (Wildman–Crippen MR) is 73.5 cm³/mol. The van der Waals surface area contributed by atoms with Gasteiger partial charge in [-0.3, -0.25) is 0 Å². The summed E-state index contributed by atoms with van der Waals surface area (Å²) in [7, 11) is 0. The van der Waals surface area contributed by atoms with Gasteiger partial charge >= 0.3 is 0 Å². The first kappa shape index (κ1) is 11.3. The third-order valence-corrected chi connectivity index (χ3v) is 3.53. The molecule has 1 atom stereocenters. The first-order valence-electron chi connectivity index (χ1n) is 6.40. The van der Waals surface area contributed by atoms with Crippen molar-refractivity contribution in [3.63, 3.8) is 0 Å². The van der Waals surface area contributed by atoms with E-state index in [-0.39, 0.29) is 6.10 Å². The van der Waals surface area contributed by atoms with Crippen LogP contribution in [0.3, 0.4) is 0 Å². The molecular weight excluding hydrogens is 222 g/mol. The summed E-state index contributed by atoms with van der Waals surface area (Å²) in [6.45, 7) is 1.82. The highest BCUT2D eigenvalue weighted by molar-refractivity contribution is 5.56. The average molecular weight is 239 g/mol. The molecule has 2 heteroatoms. The molecule has 0 saturated heterocycles. The van der Waals surface area contributed by atoms with Gasteiger partial charge in [0.1, 0.15) is 0 Å². The zero-order chi connectivity index (χ0) is 12.4. The van der Waals surface area contributed by atoms with Crippen molar-refractivity contribution in [3.8, 4) is 0 Å². The maximum atomic E-state index is 10.0. The normalized spacial score (nSPS) is 18.5. The lowest BCUT2D eigenvalue weighted by Gasteiger charge is -2.33. The van der Waals surface area contributed by atoms with Gasteiger partial charge in [0.2, 0.25) is 0 Å². The molecule has 1 heterocycles. The van der Waals surface area contributed by atoms with E-state index in [1.807, 2.05) is 24.3 Å². The van der Waals surface area contributed by atoms with Crippen molar-refractivity contribution in [3.05, 3.63) is 65.7 Å². The number of para-hydroxylation sites is 1. The van der Waals surface area contributed by atoms with Gasteiger partial charge in [-0.2, -0.15) is 0 Å². The van der Waals surface area contributed by atoms with E-state index in [2.05, 4.69) is 35.2 Å². The standard InChI is InChI=1S/C16H17NO/c18-16-10-11-17(12-13-6-2-1-3-7-13)15-9-5-4-8-14(15)16/h1-9,16,18H,10-12H2/t16-/m0/s1. The van der Waals surface area contributed by atoms with Crippen LogP contribution in [0.4, 0.5) is 5.69 Å². The summed E-state index contributed by atoms with van der Waals surface area (Å²) in [6.07, 6.45) is 0.498. The average Bonchev–Trinajstić information content (AvgIpc) is 2.44. The molecule has 2 aromatic carbocycles. The first-order chi connectivity index (χ1) is 8.84. The quantitative estimate of drug-likeness (QED) is 0.870. The number of rotatable bonds is 2. The molecule has 1 N–H and O–H groups in total. The minimum absolute atomic E-state index is 0.312. The van der Waals surface area contributed by atoms with E-state index in [0.29, 0.717) is 0 Å². The second-order valence-corrected chi connectivity index (χ2v) is 4.77. The summed E-state index contributed by atoms with van der Waals surface area (Å²) in [5, 5.41) is 10.0. The number of nitrogens with zero attached hydrogens (tertiary/aromatic N) is 1. The van der Waals surface area contributed by atoms with Gasteiger partial charge in [-0.25, -0.2) is 0 Å². The van der Waals surface area contributed by atoms with Crippen molar-refractivity contribution in [2.45, 2.75) is 19.1 Å². The van der Waals surface area contributed by atoms with Gasteiger partial charge < -0.3 is 10.0 Å². The predicted octanol–water partition coefficient (Wildman–Crippen LogP) is 3.13. The number of hydrogen-bond acceptors (Lipinski definition) is 2. The van der Waals surface area contributed by atoms with E-state index in [1.54, 1.807) is 0 Å². The topological polar surface area (TPSA) is 23.5 Å². The molecule has 0 amide bonds. The van der Waals surface area contributed by atoms with Crippen LogP contribution < -0.4 is 4.90 Å². The van der Waals surface area contributed by atoms with Crippen LogP contribution in [0.2, 0.25) is 0 Å². The molecule has 18 heavy (non-hydrogen) atoms. The summed E-state index contributed by atoms with van der Waals surface area (Å²) in [4.78, 5) is 2.34. The van der Waals surface area contributed by atoms with E-state index in [9.17, 15) is 5.11 Å². The van der Waals surface area contributed by atoms with Gasteiger partial charge in [-0.05, 0) is 18.1 Å². The Morgan fingerprint density at radius 1 is 1.00 bits per heavy atom. The Bertz CT molecular complexity index is 524. The molecule has 0 saturated carbocycles. The largest absolute Gasteiger partial charge is 0.388 e. The number of anilines is 1. The van der Waals surface area contributed by atoms with Crippen molar-refractivity contribution < 1.29 is 5.11 Å². The Labute approximate surface area is 107 Å². The molecule has 0 radical (unpaired) electrons. The molecule has 1 aliphatic rings. The lowest BCUT2D eigenvalue weighted by Crippen LogP contribution is -2.30. The summed E-state index contributed by atoms with van der Waals surface area (Å²) in [6, 6.07) is 18.6. The first-order valence-corrected chi connectivity index (χ1v) is 6.40. The second-order valence-electron chi connectivity index (χ2n) is 4.77. The SMILES string of the molecule is O[C@H]1CCN(Cc2ccccc2)c2ccccc21. The molecule has 2 nitrogen and oxygen atoms in total. The lowest BCUT2D eigenvalue weighted by molar-refractivity contribution is 0.164. The number of aliphatic hydroxyl groups excluding tert-OH is 1.